The van der Waals surface area contributed by atoms with Crippen molar-refractivity contribution < 1.29 is 4.74 Å². The van der Waals surface area contributed by atoms with Gasteiger partial charge in [-0.3, -0.25) is 0 Å². The van der Waals surface area contributed by atoms with Gasteiger partial charge in [0, 0.05) is 32.2 Å². The van der Waals surface area contributed by atoms with Crippen molar-refractivity contribution in [2.75, 3.05) is 53.4 Å². The molecule has 2 rings (SSSR count). The zero-order valence-electron chi connectivity index (χ0n) is 10.6. The van der Waals surface area contributed by atoms with Gasteiger partial charge >= 0.3 is 0 Å². The van der Waals surface area contributed by atoms with Crippen LogP contribution in [0.2, 0.25) is 0 Å². The first-order valence-corrected chi connectivity index (χ1v) is 6.47. The first-order valence-electron chi connectivity index (χ1n) is 6.47. The standard InChI is InChI=1S/C12H25N3O/c1-14(9-11-4-3-6-15(11)2)10-12-8-13-5-7-16-12/h11-13H,3-10H2,1-2H3. The Balaban J connectivity index is 1.68. The molecule has 0 saturated carbocycles. The molecule has 0 radical (unpaired) electrons. The molecule has 2 fully saturated rings. The molecule has 2 saturated heterocycles. The lowest BCUT2D eigenvalue weighted by Crippen LogP contribution is -2.46. The molecule has 0 aliphatic carbocycles. The van der Waals surface area contributed by atoms with Crippen molar-refractivity contribution in [2.45, 2.75) is 25.0 Å². The zero-order chi connectivity index (χ0) is 11.4. The molecular formula is C12H25N3O. The Bertz CT molecular complexity index is 206. The molecule has 1 N–H and O–H groups in total. The minimum Gasteiger partial charge on any atom is -0.374 e. The minimum absolute atomic E-state index is 0.380. The number of rotatable bonds is 4. The second kappa shape index (κ2) is 5.96. The summed E-state index contributed by atoms with van der Waals surface area (Å²) < 4.78 is 5.72. The van der Waals surface area contributed by atoms with Crippen molar-refractivity contribution in [2.24, 2.45) is 0 Å². The number of nitrogens with one attached hydrogen (secondary N) is 1. The van der Waals surface area contributed by atoms with Crippen LogP contribution in [0.25, 0.3) is 0 Å². The van der Waals surface area contributed by atoms with E-state index in [1.54, 1.807) is 0 Å². The van der Waals surface area contributed by atoms with Crippen LogP contribution < -0.4 is 5.32 Å². The Labute approximate surface area is 98.9 Å². The van der Waals surface area contributed by atoms with Crippen molar-refractivity contribution in [3.63, 3.8) is 0 Å². The van der Waals surface area contributed by atoms with Crippen molar-refractivity contribution in [1.29, 1.82) is 0 Å². The van der Waals surface area contributed by atoms with Crippen molar-refractivity contribution >= 4 is 0 Å². The van der Waals surface area contributed by atoms with Gasteiger partial charge in [0.15, 0.2) is 0 Å². The lowest BCUT2D eigenvalue weighted by molar-refractivity contribution is 0.00728. The number of likely N-dealkylation sites (N-methyl/N-ethyl adjacent to an activating group) is 2. The van der Waals surface area contributed by atoms with Gasteiger partial charge in [0.25, 0.3) is 0 Å². The summed E-state index contributed by atoms with van der Waals surface area (Å²) in [5.74, 6) is 0. The van der Waals surface area contributed by atoms with Crippen molar-refractivity contribution in [1.82, 2.24) is 15.1 Å². The zero-order valence-corrected chi connectivity index (χ0v) is 10.6. The average Bonchev–Trinajstić information content (AvgIpc) is 2.66. The Kier molecular flexibility index (Phi) is 4.58. The summed E-state index contributed by atoms with van der Waals surface area (Å²) in [5.41, 5.74) is 0. The summed E-state index contributed by atoms with van der Waals surface area (Å²) in [5, 5.41) is 3.38. The number of likely N-dealkylation sites (tertiary alicyclic amines) is 1. The first-order chi connectivity index (χ1) is 7.75. The summed E-state index contributed by atoms with van der Waals surface area (Å²) in [6.45, 7) is 6.37. The van der Waals surface area contributed by atoms with Crippen LogP contribution in [0.4, 0.5) is 0 Å². The average molecular weight is 227 g/mol. The Hall–Kier alpha value is -0.160. The van der Waals surface area contributed by atoms with E-state index in [0.29, 0.717) is 6.10 Å². The van der Waals surface area contributed by atoms with Gasteiger partial charge in [-0.25, -0.2) is 0 Å². The van der Waals surface area contributed by atoms with E-state index in [0.717, 1.165) is 32.3 Å². The molecule has 0 bridgehead atoms. The maximum absolute atomic E-state index is 5.72. The molecule has 16 heavy (non-hydrogen) atoms. The van der Waals surface area contributed by atoms with Gasteiger partial charge in [0.05, 0.1) is 12.7 Å². The van der Waals surface area contributed by atoms with Gasteiger partial charge in [-0.2, -0.15) is 0 Å². The number of hydrogen-bond acceptors (Lipinski definition) is 4. The number of nitrogens with zero attached hydrogens (tertiary/aromatic N) is 2. The van der Waals surface area contributed by atoms with Crippen LogP contribution >= 0.6 is 0 Å². The molecule has 0 aromatic rings. The molecule has 2 atom stereocenters. The number of morpholine rings is 1. The molecule has 4 heteroatoms. The SMILES string of the molecule is CN(CC1CNCCO1)CC1CCCN1C. The van der Waals surface area contributed by atoms with Crippen LogP contribution in [0.15, 0.2) is 0 Å². The third-order valence-electron chi connectivity index (χ3n) is 3.71. The van der Waals surface area contributed by atoms with Crippen molar-refractivity contribution in [3.8, 4) is 0 Å². The van der Waals surface area contributed by atoms with Crippen LogP contribution in [0.5, 0.6) is 0 Å². The number of hydrogen-bond donors (Lipinski definition) is 1. The van der Waals surface area contributed by atoms with Crippen LogP contribution in [0.3, 0.4) is 0 Å². The molecule has 2 aliphatic heterocycles. The van der Waals surface area contributed by atoms with Crippen LogP contribution in [0, 0.1) is 0 Å². The highest BCUT2D eigenvalue weighted by molar-refractivity contribution is 4.80. The molecule has 2 unspecified atom stereocenters. The summed E-state index contributed by atoms with van der Waals surface area (Å²) >= 11 is 0. The van der Waals surface area contributed by atoms with Gasteiger partial charge in [0.1, 0.15) is 0 Å². The van der Waals surface area contributed by atoms with E-state index in [-0.39, 0.29) is 0 Å². The van der Waals surface area contributed by atoms with Crippen molar-refractivity contribution in [3.05, 3.63) is 0 Å². The van der Waals surface area contributed by atoms with Crippen LogP contribution in [-0.2, 0) is 4.74 Å². The van der Waals surface area contributed by atoms with E-state index >= 15 is 0 Å². The second-order valence-electron chi connectivity index (χ2n) is 5.19. The molecule has 94 valence electrons. The highest BCUT2D eigenvalue weighted by Gasteiger charge is 2.23. The second-order valence-corrected chi connectivity index (χ2v) is 5.19. The lowest BCUT2D eigenvalue weighted by atomic mass is 10.2. The predicted octanol–water partition coefficient (Wildman–Crippen LogP) is 0.000800. The van der Waals surface area contributed by atoms with Gasteiger partial charge in [-0.15, -0.1) is 0 Å². The highest BCUT2D eigenvalue weighted by Crippen LogP contribution is 2.15. The van der Waals surface area contributed by atoms with Gasteiger partial charge in [0.2, 0.25) is 0 Å². The molecule has 0 amide bonds. The van der Waals surface area contributed by atoms with Gasteiger partial charge in [-0.1, -0.05) is 0 Å². The Morgan fingerprint density at radius 3 is 2.94 bits per heavy atom. The number of ether oxygens (including phenoxy) is 1. The molecule has 4 nitrogen and oxygen atoms in total. The fraction of sp³-hybridized carbons (Fsp3) is 1.00. The van der Waals surface area contributed by atoms with E-state index < -0.39 is 0 Å². The fourth-order valence-corrected chi connectivity index (χ4v) is 2.73. The molecule has 0 spiro atoms. The monoisotopic (exact) mass is 227 g/mol. The minimum atomic E-state index is 0.380. The van der Waals surface area contributed by atoms with Crippen LogP contribution in [0.1, 0.15) is 12.8 Å². The van der Waals surface area contributed by atoms with Gasteiger partial charge in [-0.05, 0) is 33.5 Å². The van der Waals surface area contributed by atoms with E-state index in [1.165, 1.54) is 25.9 Å². The molecular weight excluding hydrogens is 202 g/mol. The summed E-state index contributed by atoms with van der Waals surface area (Å²) in [7, 11) is 4.45. The smallest absolute Gasteiger partial charge is 0.0826 e. The fourth-order valence-electron chi connectivity index (χ4n) is 2.73. The predicted molar refractivity (Wildman–Crippen MR) is 65.8 cm³/mol. The topological polar surface area (TPSA) is 27.7 Å². The molecule has 2 aliphatic rings. The van der Waals surface area contributed by atoms with E-state index in [2.05, 4.69) is 29.2 Å². The van der Waals surface area contributed by atoms with E-state index in [4.69, 9.17) is 4.74 Å². The first kappa shape index (κ1) is 12.3. The Morgan fingerprint density at radius 2 is 2.31 bits per heavy atom. The molecule has 0 aromatic carbocycles. The normalized spacial score (nSPS) is 32.4. The summed E-state index contributed by atoms with van der Waals surface area (Å²) in [4.78, 5) is 4.90. The quantitative estimate of drug-likeness (QED) is 0.732. The van der Waals surface area contributed by atoms with Crippen LogP contribution in [-0.4, -0.2) is 75.4 Å². The van der Waals surface area contributed by atoms with E-state index in [9.17, 15) is 0 Å². The largest absolute Gasteiger partial charge is 0.374 e. The van der Waals surface area contributed by atoms with Gasteiger partial charge < -0.3 is 19.9 Å². The molecule has 0 aromatic heterocycles. The molecule has 2 heterocycles. The lowest BCUT2D eigenvalue weighted by Gasteiger charge is -2.30. The summed E-state index contributed by atoms with van der Waals surface area (Å²) in [6, 6.07) is 0.751. The highest BCUT2D eigenvalue weighted by atomic mass is 16.5. The summed E-state index contributed by atoms with van der Waals surface area (Å²) in [6.07, 6.45) is 3.09. The maximum atomic E-state index is 5.72. The van der Waals surface area contributed by atoms with E-state index in [1.807, 2.05) is 0 Å². The third-order valence-corrected chi connectivity index (χ3v) is 3.71. The maximum Gasteiger partial charge on any atom is 0.0826 e. The Morgan fingerprint density at radius 1 is 1.44 bits per heavy atom. The third kappa shape index (κ3) is 3.42.